The topological polar surface area (TPSA) is 200 Å². The third-order valence-corrected chi connectivity index (χ3v) is 5.27. The minimum absolute atomic E-state index is 0.0380. The van der Waals surface area contributed by atoms with Crippen LogP contribution in [0.15, 0.2) is 12.5 Å². The minimum atomic E-state index is -1.41. The number of imidazole rings is 1. The van der Waals surface area contributed by atoms with Crippen molar-refractivity contribution >= 4 is 35.5 Å². The van der Waals surface area contributed by atoms with Gasteiger partial charge in [0.15, 0.2) is 0 Å². The number of aromatic nitrogens is 2. The Morgan fingerprint density at radius 3 is 2.25 bits per heavy atom. The van der Waals surface area contributed by atoms with Crippen LogP contribution in [0.3, 0.4) is 0 Å². The van der Waals surface area contributed by atoms with E-state index in [0.717, 1.165) is 0 Å². The number of aliphatic carboxylic acids is 1. The Kier molecular flexibility index (Phi) is 11.7. The average Bonchev–Trinajstić information content (AvgIpc) is 3.25. The van der Waals surface area contributed by atoms with Gasteiger partial charge in [-0.3, -0.25) is 14.4 Å². The fourth-order valence-electron chi connectivity index (χ4n) is 2.71. The molecule has 0 fully saturated rings. The van der Waals surface area contributed by atoms with Crippen molar-refractivity contribution in [3.8, 4) is 0 Å². The first kappa shape index (κ1) is 27.4. The number of carboxylic acids is 1. The van der Waals surface area contributed by atoms with Crippen LogP contribution in [0.4, 0.5) is 0 Å². The molecule has 1 aromatic heterocycles. The second-order valence-electron chi connectivity index (χ2n) is 7.54. The van der Waals surface area contributed by atoms with Gasteiger partial charge in [0, 0.05) is 18.3 Å². The predicted octanol–water partition coefficient (Wildman–Crippen LogP) is -1.78. The Bertz CT molecular complexity index is 759. The van der Waals surface area contributed by atoms with Crippen LogP contribution in [-0.4, -0.2) is 86.7 Å². The van der Waals surface area contributed by atoms with E-state index in [1.54, 1.807) is 13.8 Å². The lowest BCUT2D eigenvalue weighted by Crippen LogP contribution is -2.59. The third kappa shape index (κ3) is 8.85. The summed E-state index contributed by atoms with van der Waals surface area (Å²) in [6, 6.07) is -4.53. The number of carbonyl (C=O) groups is 4. The Hall–Kier alpha value is -2.64. The van der Waals surface area contributed by atoms with Crippen molar-refractivity contribution in [3.63, 3.8) is 0 Å². The molecular weight excluding hydrogens is 440 g/mol. The molecule has 0 bridgehead atoms. The minimum Gasteiger partial charge on any atom is -0.480 e. The summed E-state index contributed by atoms with van der Waals surface area (Å²) < 4.78 is 0. The maximum absolute atomic E-state index is 12.9. The fourth-order valence-corrected chi connectivity index (χ4v) is 3.20. The zero-order valence-corrected chi connectivity index (χ0v) is 19.1. The smallest absolute Gasteiger partial charge is 0.326 e. The van der Waals surface area contributed by atoms with Gasteiger partial charge < -0.3 is 36.9 Å². The maximum atomic E-state index is 12.9. The van der Waals surface area contributed by atoms with Crippen LogP contribution in [0.25, 0.3) is 0 Å². The first-order valence-electron chi connectivity index (χ1n) is 10.1. The standard InChI is InChI=1S/C19H32N6O6S/c1-10(2)15(19(30)31)25-18(29)14(8-26)24-17(28)13(6-11-7-21-9-22-11)23-16(27)12(20)4-5-32-3/h7,9-10,12-15,26H,4-6,8,20H2,1-3H3,(H,21,22)(H,23,27)(H,24,28)(H,25,29)(H,30,31). The summed E-state index contributed by atoms with van der Waals surface area (Å²) in [5.41, 5.74) is 6.43. The number of nitrogens with one attached hydrogen (secondary N) is 4. The van der Waals surface area contributed by atoms with Gasteiger partial charge in [-0.15, -0.1) is 0 Å². The molecule has 0 saturated carbocycles. The van der Waals surface area contributed by atoms with E-state index in [0.29, 0.717) is 17.9 Å². The number of amides is 3. The predicted molar refractivity (Wildman–Crippen MR) is 119 cm³/mol. The number of H-pyrrole nitrogens is 1. The van der Waals surface area contributed by atoms with Gasteiger partial charge in [-0.25, -0.2) is 9.78 Å². The van der Waals surface area contributed by atoms with Crippen molar-refractivity contribution in [1.82, 2.24) is 25.9 Å². The van der Waals surface area contributed by atoms with E-state index in [4.69, 9.17) is 5.73 Å². The molecule has 1 rings (SSSR count). The summed E-state index contributed by atoms with van der Waals surface area (Å²) in [5.74, 6) is -3.11. The van der Waals surface area contributed by atoms with Gasteiger partial charge in [-0.2, -0.15) is 11.8 Å². The highest BCUT2D eigenvalue weighted by molar-refractivity contribution is 7.98. The molecule has 8 N–H and O–H groups in total. The monoisotopic (exact) mass is 472 g/mol. The van der Waals surface area contributed by atoms with E-state index < -0.39 is 60.4 Å². The molecule has 0 aliphatic heterocycles. The van der Waals surface area contributed by atoms with Crippen LogP contribution in [0.5, 0.6) is 0 Å². The number of thioether (sulfide) groups is 1. The van der Waals surface area contributed by atoms with Gasteiger partial charge in [0.2, 0.25) is 17.7 Å². The second kappa shape index (κ2) is 13.7. The number of carbonyl (C=O) groups excluding carboxylic acids is 3. The van der Waals surface area contributed by atoms with E-state index in [9.17, 15) is 29.4 Å². The van der Waals surface area contributed by atoms with Gasteiger partial charge >= 0.3 is 5.97 Å². The van der Waals surface area contributed by atoms with E-state index in [-0.39, 0.29) is 6.42 Å². The zero-order chi connectivity index (χ0) is 24.3. The lowest BCUT2D eigenvalue weighted by atomic mass is 10.0. The van der Waals surface area contributed by atoms with Gasteiger partial charge in [-0.05, 0) is 24.3 Å². The third-order valence-electron chi connectivity index (χ3n) is 4.63. The van der Waals surface area contributed by atoms with E-state index in [1.807, 2.05) is 6.26 Å². The molecule has 0 radical (unpaired) electrons. The molecule has 0 saturated heterocycles. The van der Waals surface area contributed by atoms with Gasteiger partial charge in [0.25, 0.3) is 0 Å². The molecular formula is C19H32N6O6S. The summed E-state index contributed by atoms with van der Waals surface area (Å²) in [7, 11) is 0. The summed E-state index contributed by atoms with van der Waals surface area (Å²) in [4.78, 5) is 55.8. The summed E-state index contributed by atoms with van der Waals surface area (Å²) in [6.45, 7) is 2.46. The molecule has 1 aromatic rings. The van der Waals surface area contributed by atoms with E-state index >= 15 is 0 Å². The molecule has 4 atom stereocenters. The number of carboxylic acid groups (broad SMARTS) is 1. The van der Waals surface area contributed by atoms with Crippen molar-refractivity contribution in [1.29, 1.82) is 0 Å². The molecule has 180 valence electrons. The Morgan fingerprint density at radius 1 is 1.12 bits per heavy atom. The van der Waals surface area contributed by atoms with Gasteiger partial charge in [0.05, 0.1) is 19.0 Å². The number of aromatic amines is 1. The quantitative estimate of drug-likeness (QED) is 0.163. The average molecular weight is 473 g/mol. The number of hydrogen-bond acceptors (Lipinski definition) is 8. The molecule has 4 unspecified atom stereocenters. The number of rotatable bonds is 14. The van der Waals surface area contributed by atoms with Crippen molar-refractivity contribution < 1.29 is 29.4 Å². The highest BCUT2D eigenvalue weighted by atomic mass is 32.2. The number of hydrogen-bond donors (Lipinski definition) is 7. The second-order valence-corrected chi connectivity index (χ2v) is 8.53. The number of aliphatic hydroxyl groups excluding tert-OH is 1. The molecule has 0 aliphatic carbocycles. The number of nitrogens with zero attached hydrogens (tertiary/aromatic N) is 1. The number of aliphatic hydroxyl groups is 1. The van der Waals surface area contributed by atoms with Gasteiger partial charge in [0.1, 0.15) is 18.1 Å². The zero-order valence-electron chi connectivity index (χ0n) is 18.3. The van der Waals surface area contributed by atoms with Crippen molar-refractivity contribution in [2.45, 2.75) is 50.9 Å². The molecule has 0 aliphatic rings. The lowest BCUT2D eigenvalue weighted by molar-refractivity contribution is -0.143. The summed E-state index contributed by atoms with van der Waals surface area (Å²) in [6.07, 6.45) is 5.23. The fraction of sp³-hybridized carbons (Fsp3) is 0.632. The van der Waals surface area contributed by atoms with Crippen LogP contribution in [-0.2, 0) is 25.6 Å². The van der Waals surface area contributed by atoms with Crippen LogP contribution >= 0.6 is 11.8 Å². The molecule has 1 heterocycles. The largest absolute Gasteiger partial charge is 0.480 e. The van der Waals surface area contributed by atoms with Crippen LogP contribution in [0.2, 0.25) is 0 Å². The van der Waals surface area contributed by atoms with Crippen LogP contribution < -0.4 is 21.7 Å². The Morgan fingerprint density at radius 2 is 1.75 bits per heavy atom. The molecule has 12 nitrogen and oxygen atoms in total. The molecule has 13 heteroatoms. The van der Waals surface area contributed by atoms with Crippen molar-refractivity contribution in [2.75, 3.05) is 18.6 Å². The Balaban J connectivity index is 2.90. The SMILES string of the molecule is CSCCC(N)C(=O)NC(Cc1cnc[nH]1)C(=O)NC(CO)C(=O)NC(C(=O)O)C(C)C. The molecule has 3 amide bonds. The molecule has 32 heavy (non-hydrogen) atoms. The summed E-state index contributed by atoms with van der Waals surface area (Å²) in [5, 5.41) is 26.1. The highest BCUT2D eigenvalue weighted by Gasteiger charge is 2.31. The first-order valence-corrected chi connectivity index (χ1v) is 11.5. The van der Waals surface area contributed by atoms with Crippen molar-refractivity contribution in [3.05, 3.63) is 18.2 Å². The van der Waals surface area contributed by atoms with Crippen molar-refractivity contribution in [2.24, 2.45) is 11.7 Å². The maximum Gasteiger partial charge on any atom is 0.326 e. The van der Waals surface area contributed by atoms with E-state index in [2.05, 4.69) is 25.9 Å². The van der Waals surface area contributed by atoms with Crippen LogP contribution in [0.1, 0.15) is 26.0 Å². The van der Waals surface area contributed by atoms with Crippen LogP contribution in [0, 0.1) is 5.92 Å². The van der Waals surface area contributed by atoms with Gasteiger partial charge in [-0.1, -0.05) is 13.8 Å². The molecule has 0 spiro atoms. The summed E-state index contributed by atoms with van der Waals surface area (Å²) >= 11 is 1.53. The molecule has 0 aromatic carbocycles. The first-order chi connectivity index (χ1) is 15.1. The normalized spacial score (nSPS) is 14.8. The lowest BCUT2D eigenvalue weighted by Gasteiger charge is -2.25. The van der Waals surface area contributed by atoms with E-state index in [1.165, 1.54) is 24.3 Å². The Labute approximate surface area is 190 Å². The number of nitrogens with two attached hydrogens (primary N) is 1. The highest BCUT2D eigenvalue weighted by Crippen LogP contribution is 2.05.